The predicted octanol–water partition coefficient (Wildman–Crippen LogP) is 2.24. The molecule has 0 fully saturated rings. The molecule has 0 aliphatic rings. The van der Waals surface area contributed by atoms with Crippen molar-refractivity contribution in [2.75, 3.05) is 6.54 Å². The molecule has 1 amide bonds. The smallest absolute Gasteiger partial charge is 0.346 e. The fourth-order valence-electron chi connectivity index (χ4n) is 1.60. The number of hydrogen-bond acceptors (Lipinski definition) is 5. The maximum absolute atomic E-state index is 12.4. The lowest BCUT2D eigenvalue weighted by Crippen LogP contribution is -2.30. The van der Waals surface area contributed by atoms with E-state index in [1.54, 1.807) is 0 Å². The molecule has 1 N–H and O–H groups in total. The number of carbonyl (C=O) groups excluding carboxylic acids is 2. The SMILES string of the molecule is C=CCNC(=O)C(=O)c1ccc(-c2noc(C(F)(F)F)n2)cc1. The Balaban J connectivity index is 2.16. The number of alkyl halides is 3. The zero-order valence-electron chi connectivity index (χ0n) is 11.6. The van der Waals surface area contributed by atoms with Gasteiger partial charge in [-0.15, -0.1) is 6.58 Å². The molecule has 2 aromatic rings. The highest BCUT2D eigenvalue weighted by atomic mass is 19.4. The highest BCUT2D eigenvalue weighted by Crippen LogP contribution is 2.29. The molecule has 0 bridgehead atoms. The van der Waals surface area contributed by atoms with Gasteiger partial charge in [0.15, 0.2) is 0 Å². The number of amides is 1. The minimum atomic E-state index is -4.73. The Labute approximate surface area is 128 Å². The first kappa shape index (κ1) is 16.4. The Hall–Kier alpha value is -2.97. The van der Waals surface area contributed by atoms with Crippen LogP contribution in [0, 0.1) is 0 Å². The normalized spacial score (nSPS) is 11.1. The van der Waals surface area contributed by atoms with Crippen molar-refractivity contribution in [1.29, 1.82) is 0 Å². The van der Waals surface area contributed by atoms with Gasteiger partial charge in [-0.05, 0) is 0 Å². The maximum Gasteiger partial charge on any atom is 0.471 e. The van der Waals surface area contributed by atoms with E-state index in [0.717, 1.165) is 0 Å². The molecule has 2 rings (SSSR count). The molecule has 0 spiro atoms. The number of hydrogen-bond donors (Lipinski definition) is 1. The molecular formula is C14H10F3N3O3. The molecular weight excluding hydrogens is 315 g/mol. The third-order valence-corrected chi connectivity index (χ3v) is 2.69. The summed E-state index contributed by atoms with van der Waals surface area (Å²) in [5.74, 6) is -3.32. The average Bonchev–Trinajstić information content (AvgIpc) is 3.02. The fourth-order valence-corrected chi connectivity index (χ4v) is 1.60. The van der Waals surface area contributed by atoms with Crippen LogP contribution in [-0.4, -0.2) is 28.4 Å². The lowest BCUT2D eigenvalue weighted by molar-refractivity contribution is -0.159. The number of halogens is 3. The summed E-state index contributed by atoms with van der Waals surface area (Å²) in [5.41, 5.74) is 0.294. The largest absolute Gasteiger partial charge is 0.471 e. The molecule has 0 aliphatic carbocycles. The van der Waals surface area contributed by atoms with Gasteiger partial charge in [0.2, 0.25) is 11.6 Å². The molecule has 0 unspecified atom stereocenters. The number of nitrogens with zero attached hydrogens (tertiary/aromatic N) is 2. The summed E-state index contributed by atoms with van der Waals surface area (Å²) < 4.78 is 41.3. The van der Waals surface area contributed by atoms with Crippen LogP contribution in [0.3, 0.4) is 0 Å². The van der Waals surface area contributed by atoms with Gasteiger partial charge >= 0.3 is 12.1 Å². The predicted molar refractivity (Wildman–Crippen MR) is 72.3 cm³/mol. The van der Waals surface area contributed by atoms with Gasteiger partial charge in [0.1, 0.15) is 0 Å². The second kappa shape index (κ2) is 6.42. The summed E-state index contributed by atoms with van der Waals surface area (Å²) in [6.45, 7) is 3.54. The Morgan fingerprint density at radius 3 is 2.43 bits per heavy atom. The zero-order valence-corrected chi connectivity index (χ0v) is 11.6. The monoisotopic (exact) mass is 325 g/mol. The first-order valence-corrected chi connectivity index (χ1v) is 6.27. The van der Waals surface area contributed by atoms with Gasteiger partial charge in [0.05, 0.1) is 0 Å². The number of aromatic nitrogens is 2. The second-order valence-corrected chi connectivity index (χ2v) is 4.33. The quantitative estimate of drug-likeness (QED) is 0.518. The van der Waals surface area contributed by atoms with E-state index in [4.69, 9.17) is 0 Å². The minimum absolute atomic E-state index is 0.0786. The van der Waals surface area contributed by atoms with Gasteiger partial charge in [0.25, 0.3) is 5.91 Å². The van der Waals surface area contributed by atoms with E-state index in [9.17, 15) is 22.8 Å². The summed E-state index contributed by atoms with van der Waals surface area (Å²) in [6, 6.07) is 5.21. The third kappa shape index (κ3) is 3.82. The van der Waals surface area contributed by atoms with Crippen molar-refractivity contribution < 1.29 is 27.3 Å². The summed E-state index contributed by atoms with van der Waals surface area (Å²) in [5, 5.41) is 5.55. The summed E-state index contributed by atoms with van der Waals surface area (Å²) in [4.78, 5) is 26.5. The van der Waals surface area contributed by atoms with Crippen molar-refractivity contribution in [2.24, 2.45) is 0 Å². The Kier molecular flexibility index (Phi) is 4.58. The minimum Gasteiger partial charge on any atom is -0.346 e. The average molecular weight is 325 g/mol. The van der Waals surface area contributed by atoms with Crippen LogP contribution in [0.2, 0.25) is 0 Å². The van der Waals surface area contributed by atoms with E-state index < -0.39 is 23.8 Å². The molecule has 1 aromatic carbocycles. The van der Waals surface area contributed by atoms with Crippen LogP contribution < -0.4 is 5.32 Å². The van der Waals surface area contributed by atoms with Crippen LogP contribution in [0.15, 0.2) is 41.4 Å². The topological polar surface area (TPSA) is 85.1 Å². The molecule has 0 atom stereocenters. The summed E-state index contributed by atoms with van der Waals surface area (Å²) in [6.07, 6.45) is -3.31. The molecule has 120 valence electrons. The molecule has 0 saturated carbocycles. The van der Waals surface area contributed by atoms with Gasteiger partial charge < -0.3 is 9.84 Å². The lowest BCUT2D eigenvalue weighted by Gasteiger charge is -2.02. The molecule has 0 aliphatic heterocycles. The van der Waals surface area contributed by atoms with Crippen LogP contribution in [0.25, 0.3) is 11.4 Å². The Bertz CT molecular complexity index is 736. The number of ketones is 1. The van der Waals surface area contributed by atoms with Crippen LogP contribution in [-0.2, 0) is 11.0 Å². The van der Waals surface area contributed by atoms with Crippen molar-refractivity contribution >= 4 is 11.7 Å². The fraction of sp³-hybridized carbons (Fsp3) is 0.143. The molecule has 1 heterocycles. The van der Waals surface area contributed by atoms with E-state index in [2.05, 4.69) is 26.6 Å². The summed E-state index contributed by atoms with van der Waals surface area (Å²) >= 11 is 0. The lowest BCUT2D eigenvalue weighted by atomic mass is 10.1. The first-order chi connectivity index (χ1) is 10.8. The molecule has 23 heavy (non-hydrogen) atoms. The molecule has 0 saturated heterocycles. The van der Waals surface area contributed by atoms with Crippen LogP contribution >= 0.6 is 0 Å². The number of nitrogens with one attached hydrogen (secondary N) is 1. The standard InChI is InChI=1S/C14H10F3N3O3/c1-2-7-18-12(22)10(21)8-3-5-9(6-4-8)11-19-13(23-20-11)14(15,16)17/h2-6H,1,7H2,(H,18,22). The third-order valence-electron chi connectivity index (χ3n) is 2.69. The van der Waals surface area contributed by atoms with Crippen molar-refractivity contribution in [1.82, 2.24) is 15.5 Å². The number of carbonyl (C=O) groups is 2. The number of rotatable bonds is 5. The van der Waals surface area contributed by atoms with Gasteiger partial charge in [-0.3, -0.25) is 9.59 Å². The van der Waals surface area contributed by atoms with Gasteiger partial charge in [-0.25, -0.2) is 0 Å². The van der Waals surface area contributed by atoms with Gasteiger partial charge in [-0.1, -0.05) is 35.5 Å². The maximum atomic E-state index is 12.4. The van der Waals surface area contributed by atoms with E-state index in [1.807, 2.05) is 0 Å². The van der Waals surface area contributed by atoms with Crippen LogP contribution in [0.1, 0.15) is 16.2 Å². The molecule has 1 aromatic heterocycles. The van der Waals surface area contributed by atoms with E-state index in [0.29, 0.717) is 0 Å². The van der Waals surface area contributed by atoms with Crippen molar-refractivity contribution in [3.8, 4) is 11.4 Å². The Morgan fingerprint density at radius 1 is 1.26 bits per heavy atom. The van der Waals surface area contributed by atoms with E-state index in [1.165, 1.54) is 30.3 Å². The highest BCUT2D eigenvalue weighted by molar-refractivity contribution is 6.42. The van der Waals surface area contributed by atoms with E-state index >= 15 is 0 Å². The van der Waals surface area contributed by atoms with Crippen LogP contribution in [0.4, 0.5) is 13.2 Å². The molecule has 9 heteroatoms. The first-order valence-electron chi connectivity index (χ1n) is 6.27. The highest BCUT2D eigenvalue weighted by Gasteiger charge is 2.38. The number of Topliss-reactive ketones (excluding diaryl/α,β-unsaturated/α-hetero) is 1. The van der Waals surface area contributed by atoms with Gasteiger partial charge in [0, 0.05) is 17.7 Å². The van der Waals surface area contributed by atoms with Crippen molar-refractivity contribution in [2.45, 2.75) is 6.18 Å². The van der Waals surface area contributed by atoms with Crippen molar-refractivity contribution in [3.05, 3.63) is 48.4 Å². The zero-order chi connectivity index (χ0) is 17.0. The second-order valence-electron chi connectivity index (χ2n) is 4.33. The van der Waals surface area contributed by atoms with Crippen molar-refractivity contribution in [3.63, 3.8) is 0 Å². The van der Waals surface area contributed by atoms with E-state index in [-0.39, 0.29) is 23.5 Å². The number of benzene rings is 1. The molecule has 0 radical (unpaired) electrons. The summed E-state index contributed by atoms with van der Waals surface area (Å²) in [7, 11) is 0. The molecule has 6 nitrogen and oxygen atoms in total. The Morgan fingerprint density at radius 2 is 1.91 bits per heavy atom. The van der Waals surface area contributed by atoms with Gasteiger partial charge in [-0.2, -0.15) is 18.2 Å². The van der Waals surface area contributed by atoms with Crippen LogP contribution in [0.5, 0.6) is 0 Å².